The smallest absolute Gasteiger partial charge is 0.343 e. The molecule has 0 spiro atoms. The average molecular weight is 445 g/mol. The number of benzene rings is 1. The van der Waals surface area contributed by atoms with Crippen LogP contribution < -0.4 is 5.56 Å². The van der Waals surface area contributed by atoms with Crippen molar-refractivity contribution in [3.63, 3.8) is 0 Å². The van der Waals surface area contributed by atoms with E-state index in [2.05, 4.69) is 19.9 Å². The van der Waals surface area contributed by atoms with Gasteiger partial charge in [0.05, 0.1) is 23.0 Å². The van der Waals surface area contributed by atoms with Crippen LogP contribution in [0.5, 0.6) is 0 Å². The maximum Gasteiger partial charge on any atom is 0.416 e. The number of nitrogens with zero attached hydrogens (tertiary/aromatic N) is 4. The van der Waals surface area contributed by atoms with Crippen LogP contribution in [0.1, 0.15) is 16.7 Å². The van der Waals surface area contributed by atoms with E-state index in [1.165, 1.54) is 0 Å². The molecule has 7 nitrogen and oxygen atoms in total. The number of carbonyl (C=O) groups is 1. The zero-order valence-corrected chi connectivity index (χ0v) is 17.7. The molecular formula is C22H22F3N5O2. The number of carbonyl (C=O) groups excluding carboxylic acids is 1. The summed E-state index contributed by atoms with van der Waals surface area (Å²) in [6, 6.07) is 5.39. The third kappa shape index (κ3) is 4.50. The van der Waals surface area contributed by atoms with E-state index in [1.807, 2.05) is 6.07 Å². The molecule has 0 radical (unpaired) electrons. The summed E-state index contributed by atoms with van der Waals surface area (Å²) in [5, 5.41) is 0.366. The number of nitrogens with one attached hydrogen (secondary N) is 1. The number of piperazine rings is 1. The van der Waals surface area contributed by atoms with Crippen molar-refractivity contribution in [3.05, 3.63) is 57.5 Å². The van der Waals surface area contributed by atoms with Crippen LogP contribution in [0.3, 0.4) is 0 Å². The summed E-state index contributed by atoms with van der Waals surface area (Å²) < 4.78 is 39.1. The Labute approximate surface area is 181 Å². The number of likely N-dealkylation sites (N-methyl/N-ethyl adjacent to an activating group) is 1. The van der Waals surface area contributed by atoms with Gasteiger partial charge in [-0.2, -0.15) is 13.2 Å². The van der Waals surface area contributed by atoms with Crippen molar-refractivity contribution in [2.45, 2.75) is 19.5 Å². The van der Waals surface area contributed by atoms with Crippen LogP contribution in [0, 0.1) is 6.92 Å². The minimum absolute atomic E-state index is 0.0135. The SMILES string of the molecule is Cc1cc(CCN2CCN(C)C(=O)C2)cc2c(=O)[nH]c(-c3cc(C(F)(F)F)ccn3)nc12. The summed E-state index contributed by atoms with van der Waals surface area (Å²) in [5.74, 6) is 0.0720. The molecule has 0 unspecified atom stereocenters. The maximum absolute atomic E-state index is 13.0. The van der Waals surface area contributed by atoms with Gasteiger partial charge in [0.15, 0.2) is 5.82 Å². The largest absolute Gasteiger partial charge is 0.416 e. The molecule has 0 aliphatic carbocycles. The lowest BCUT2D eigenvalue weighted by Gasteiger charge is -2.31. The minimum Gasteiger partial charge on any atom is -0.343 e. The molecule has 32 heavy (non-hydrogen) atoms. The predicted molar refractivity (Wildman–Crippen MR) is 113 cm³/mol. The van der Waals surface area contributed by atoms with E-state index in [0.29, 0.717) is 37.0 Å². The van der Waals surface area contributed by atoms with E-state index in [0.717, 1.165) is 36.0 Å². The number of rotatable bonds is 4. The van der Waals surface area contributed by atoms with Crippen molar-refractivity contribution in [3.8, 4) is 11.5 Å². The molecular weight excluding hydrogens is 423 g/mol. The molecule has 0 atom stereocenters. The van der Waals surface area contributed by atoms with E-state index in [1.54, 1.807) is 24.9 Å². The van der Waals surface area contributed by atoms with Gasteiger partial charge in [0.1, 0.15) is 5.69 Å². The Morgan fingerprint density at radius 1 is 1.16 bits per heavy atom. The number of alkyl halides is 3. The second kappa shape index (κ2) is 8.34. The van der Waals surface area contributed by atoms with Gasteiger partial charge in [-0.25, -0.2) is 4.98 Å². The van der Waals surface area contributed by atoms with Gasteiger partial charge in [0.2, 0.25) is 5.91 Å². The molecule has 0 saturated carbocycles. The Morgan fingerprint density at radius 2 is 1.94 bits per heavy atom. The summed E-state index contributed by atoms with van der Waals surface area (Å²) in [5.41, 5.74) is 0.733. The van der Waals surface area contributed by atoms with Gasteiger partial charge >= 0.3 is 6.18 Å². The number of halogens is 3. The standard InChI is InChI=1S/C22H22F3N5O2/c1-13-9-14(4-6-30-8-7-29(2)18(31)12-30)10-16-19(13)27-20(28-21(16)32)17-11-15(3-5-26-17)22(23,24)25/h3,5,9-11H,4,6-8,12H2,1-2H3,(H,27,28,32). The molecule has 10 heteroatoms. The fraction of sp³-hybridized carbons (Fsp3) is 0.364. The monoisotopic (exact) mass is 445 g/mol. The van der Waals surface area contributed by atoms with Gasteiger partial charge in [-0.15, -0.1) is 0 Å². The van der Waals surface area contributed by atoms with Gasteiger partial charge in [-0.1, -0.05) is 6.07 Å². The summed E-state index contributed by atoms with van der Waals surface area (Å²) in [6.07, 6.45) is -2.82. The molecule has 1 aliphatic rings. The van der Waals surface area contributed by atoms with Crippen LogP contribution >= 0.6 is 0 Å². The summed E-state index contributed by atoms with van der Waals surface area (Å²) in [6.45, 7) is 4.34. The van der Waals surface area contributed by atoms with Crippen LogP contribution in [0.25, 0.3) is 22.4 Å². The molecule has 0 bridgehead atoms. The Balaban J connectivity index is 1.62. The number of fused-ring (bicyclic) bond motifs is 1. The second-order valence-electron chi connectivity index (χ2n) is 7.99. The molecule has 1 aliphatic heterocycles. The van der Waals surface area contributed by atoms with Gasteiger partial charge in [-0.05, 0) is 42.7 Å². The molecule has 3 aromatic rings. The lowest BCUT2D eigenvalue weighted by molar-refractivity contribution is -0.137. The molecule has 4 rings (SSSR count). The fourth-order valence-corrected chi connectivity index (χ4v) is 3.78. The number of hydrogen-bond donors (Lipinski definition) is 1. The summed E-state index contributed by atoms with van der Waals surface area (Å²) in [7, 11) is 1.79. The Kier molecular flexibility index (Phi) is 5.72. The van der Waals surface area contributed by atoms with Crippen molar-refractivity contribution < 1.29 is 18.0 Å². The minimum atomic E-state index is -4.52. The van der Waals surface area contributed by atoms with E-state index < -0.39 is 17.3 Å². The highest BCUT2D eigenvalue weighted by Crippen LogP contribution is 2.30. The van der Waals surface area contributed by atoms with Gasteiger partial charge in [0, 0.05) is 32.9 Å². The highest BCUT2D eigenvalue weighted by atomic mass is 19.4. The van der Waals surface area contributed by atoms with Gasteiger partial charge in [0.25, 0.3) is 5.56 Å². The quantitative estimate of drug-likeness (QED) is 0.668. The van der Waals surface area contributed by atoms with Crippen molar-refractivity contribution in [2.24, 2.45) is 0 Å². The second-order valence-corrected chi connectivity index (χ2v) is 7.99. The lowest BCUT2D eigenvalue weighted by Crippen LogP contribution is -2.48. The molecule has 3 heterocycles. The van der Waals surface area contributed by atoms with E-state index in [4.69, 9.17) is 0 Å². The molecule has 2 aromatic heterocycles. The van der Waals surface area contributed by atoms with Crippen molar-refractivity contribution in [1.82, 2.24) is 24.8 Å². The van der Waals surface area contributed by atoms with E-state index in [9.17, 15) is 22.8 Å². The number of aryl methyl sites for hydroxylation is 1. The van der Waals surface area contributed by atoms with Crippen LogP contribution in [-0.2, 0) is 17.4 Å². The zero-order chi connectivity index (χ0) is 23.0. The molecule has 168 valence electrons. The van der Waals surface area contributed by atoms with E-state index >= 15 is 0 Å². The molecule has 1 aromatic carbocycles. The Morgan fingerprint density at radius 3 is 2.66 bits per heavy atom. The van der Waals surface area contributed by atoms with E-state index in [-0.39, 0.29) is 17.4 Å². The van der Waals surface area contributed by atoms with Crippen molar-refractivity contribution in [2.75, 3.05) is 33.2 Å². The van der Waals surface area contributed by atoms with Crippen LogP contribution in [0.4, 0.5) is 13.2 Å². The molecule has 1 saturated heterocycles. The number of aromatic amines is 1. The molecule has 1 N–H and O–H groups in total. The molecule has 1 amide bonds. The first kappa shape index (κ1) is 21.9. The predicted octanol–water partition coefficient (Wildman–Crippen LogP) is 2.63. The Bertz CT molecular complexity index is 1240. The number of aromatic nitrogens is 3. The number of H-pyrrole nitrogens is 1. The normalized spacial score (nSPS) is 15.5. The number of amides is 1. The Hall–Kier alpha value is -3.27. The van der Waals surface area contributed by atoms with Gasteiger partial charge < -0.3 is 9.88 Å². The third-order valence-electron chi connectivity index (χ3n) is 5.64. The third-order valence-corrected chi connectivity index (χ3v) is 5.64. The van der Waals surface area contributed by atoms with Crippen LogP contribution in [0.15, 0.2) is 35.3 Å². The van der Waals surface area contributed by atoms with Crippen molar-refractivity contribution >= 4 is 16.8 Å². The maximum atomic E-state index is 13.0. The zero-order valence-electron chi connectivity index (χ0n) is 17.7. The van der Waals surface area contributed by atoms with Crippen LogP contribution in [-0.4, -0.2) is 63.9 Å². The number of pyridine rings is 1. The average Bonchev–Trinajstić information content (AvgIpc) is 2.74. The van der Waals surface area contributed by atoms with Gasteiger partial charge in [-0.3, -0.25) is 19.5 Å². The first-order valence-corrected chi connectivity index (χ1v) is 10.2. The topological polar surface area (TPSA) is 82.2 Å². The highest BCUT2D eigenvalue weighted by Gasteiger charge is 2.31. The molecule has 1 fully saturated rings. The number of hydrogen-bond acceptors (Lipinski definition) is 5. The summed E-state index contributed by atoms with van der Waals surface area (Å²) in [4.78, 5) is 39.3. The summed E-state index contributed by atoms with van der Waals surface area (Å²) >= 11 is 0. The first-order chi connectivity index (χ1) is 15.1. The van der Waals surface area contributed by atoms with Crippen molar-refractivity contribution in [1.29, 1.82) is 0 Å². The fourth-order valence-electron chi connectivity index (χ4n) is 3.78. The first-order valence-electron chi connectivity index (χ1n) is 10.2. The highest BCUT2D eigenvalue weighted by molar-refractivity contribution is 5.83. The lowest BCUT2D eigenvalue weighted by atomic mass is 10.0. The van der Waals surface area contributed by atoms with Crippen LogP contribution in [0.2, 0.25) is 0 Å².